The Morgan fingerprint density at radius 3 is 3.33 bits per heavy atom. The van der Waals surface area contributed by atoms with Gasteiger partial charge in [0, 0.05) is 12.5 Å². The van der Waals surface area contributed by atoms with Crippen LogP contribution in [-0.4, -0.2) is 26.1 Å². The molecule has 1 saturated heterocycles. The highest BCUT2D eigenvalue weighted by Crippen LogP contribution is 2.31. The van der Waals surface area contributed by atoms with Crippen LogP contribution in [0.25, 0.3) is 0 Å². The smallest absolute Gasteiger partial charge is 0.205 e. The molecule has 0 amide bonds. The zero-order chi connectivity index (χ0) is 8.39. The Morgan fingerprint density at radius 1 is 1.67 bits per heavy atom. The van der Waals surface area contributed by atoms with Gasteiger partial charge in [0.1, 0.15) is 12.4 Å². The third-order valence-electron chi connectivity index (χ3n) is 2.20. The maximum Gasteiger partial charge on any atom is 0.205 e. The van der Waals surface area contributed by atoms with Gasteiger partial charge in [-0.15, -0.1) is 0 Å². The highest BCUT2D eigenvalue weighted by atomic mass is 16.7. The van der Waals surface area contributed by atoms with Gasteiger partial charge in [-0.1, -0.05) is 0 Å². The van der Waals surface area contributed by atoms with Crippen molar-refractivity contribution in [1.82, 2.24) is 0 Å². The predicted molar refractivity (Wildman–Crippen MR) is 43.5 cm³/mol. The first kappa shape index (κ1) is 8.08. The second-order valence-electron chi connectivity index (χ2n) is 3.08. The Labute approximate surface area is 72.3 Å². The zero-order valence-electron chi connectivity index (χ0n) is 7.29. The molecule has 0 bridgehead atoms. The van der Waals surface area contributed by atoms with E-state index in [9.17, 15) is 0 Å². The standard InChI is InChI=1S/C9H14O3/c1-2-10-6-8-5-7-3-4-11-9(7)12-8/h5,7,9H,2-4,6H2,1H3/t7-,9+/m0/s1. The molecule has 0 unspecified atom stereocenters. The van der Waals surface area contributed by atoms with Crippen LogP contribution in [0, 0.1) is 5.92 Å². The molecule has 0 saturated carbocycles. The van der Waals surface area contributed by atoms with E-state index in [0.717, 1.165) is 25.4 Å². The number of ether oxygens (including phenoxy) is 3. The summed E-state index contributed by atoms with van der Waals surface area (Å²) in [4.78, 5) is 0. The molecular weight excluding hydrogens is 156 g/mol. The fraction of sp³-hybridized carbons (Fsp3) is 0.778. The highest BCUT2D eigenvalue weighted by Gasteiger charge is 2.34. The minimum Gasteiger partial charge on any atom is -0.467 e. The van der Waals surface area contributed by atoms with Gasteiger partial charge < -0.3 is 14.2 Å². The highest BCUT2D eigenvalue weighted by molar-refractivity contribution is 5.06. The summed E-state index contributed by atoms with van der Waals surface area (Å²) in [5.74, 6) is 1.41. The zero-order valence-corrected chi connectivity index (χ0v) is 7.29. The lowest BCUT2D eigenvalue weighted by atomic mass is 10.1. The van der Waals surface area contributed by atoms with Crippen molar-refractivity contribution in [2.24, 2.45) is 5.92 Å². The average Bonchev–Trinajstić information content (AvgIpc) is 2.58. The molecule has 2 heterocycles. The molecule has 2 atom stereocenters. The fourth-order valence-corrected chi connectivity index (χ4v) is 1.58. The Bertz CT molecular complexity index is 188. The predicted octanol–water partition coefficient (Wildman–Crippen LogP) is 1.30. The molecule has 0 spiro atoms. The Balaban J connectivity index is 1.85. The van der Waals surface area contributed by atoms with Crippen molar-refractivity contribution >= 4 is 0 Å². The van der Waals surface area contributed by atoms with Crippen molar-refractivity contribution in [3.8, 4) is 0 Å². The van der Waals surface area contributed by atoms with Gasteiger partial charge in [-0.2, -0.15) is 0 Å². The molecule has 12 heavy (non-hydrogen) atoms. The van der Waals surface area contributed by atoms with Gasteiger partial charge in [-0.05, 0) is 19.4 Å². The molecule has 0 radical (unpaired) electrons. The molecule has 3 heteroatoms. The molecule has 0 aromatic heterocycles. The minimum absolute atomic E-state index is 0.0135. The summed E-state index contributed by atoms with van der Waals surface area (Å²) in [7, 11) is 0. The van der Waals surface area contributed by atoms with Crippen LogP contribution in [0.1, 0.15) is 13.3 Å². The van der Waals surface area contributed by atoms with E-state index in [0.29, 0.717) is 12.5 Å². The average molecular weight is 170 g/mol. The van der Waals surface area contributed by atoms with Crippen LogP contribution in [0.4, 0.5) is 0 Å². The molecule has 2 aliphatic rings. The van der Waals surface area contributed by atoms with Crippen molar-refractivity contribution in [2.45, 2.75) is 19.6 Å². The summed E-state index contributed by atoms with van der Waals surface area (Å²) in [5, 5.41) is 0. The third kappa shape index (κ3) is 1.47. The fourth-order valence-electron chi connectivity index (χ4n) is 1.58. The lowest BCUT2D eigenvalue weighted by Crippen LogP contribution is -2.12. The van der Waals surface area contributed by atoms with Crippen LogP contribution in [0.2, 0.25) is 0 Å². The molecule has 1 fully saturated rings. The van der Waals surface area contributed by atoms with Gasteiger partial charge in [-0.25, -0.2) is 0 Å². The van der Waals surface area contributed by atoms with E-state index in [-0.39, 0.29) is 6.29 Å². The SMILES string of the molecule is CCOCC1=C[C@@H]2CCO[C@@H]2O1. The van der Waals surface area contributed by atoms with Crippen molar-refractivity contribution in [2.75, 3.05) is 19.8 Å². The lowest BCUT2D eigenvalue weighted by molar-refractivity contribution is -0.0868. The van der Waals surface area contributed by atoms with E-state index in [1.54, 1.807) is 0 Å². The number of rotatable bonds is 3. The molecule has 2 rings (SSSR count). The molecule has 0 aromatic rings. The molecule has 68 valence electrons. The van der Waals surface area contributed by atoms with Crippen molar-refractivity contribution < 1.29 is 14.2 Å². The van der Waals surface area contributed by atoms with Crippen LogP contribution >= 0.6 is 0 Å². The van der Waals surface area contributed by atoms with Crippen LogP contribution in [-0.2, 0) is 14.2 Å². The molecule has 0 aliphatic carbocycles. The van der Waals surface area contributed by atoms with Crippen molar-refractivity contribution in [3.05, 3.63) is 11.8 Å². The molecule has 3 nitrogen and oxygen atoms in total. The molecule has 0 N–H and O–H groups in total. The summed E-state index contributed by atoms with van der Waals surface area (Å²) >= 11 is 0. The van der Waals surface area contributed by atoms with Gasteiger partial charge >= 0.3 is 0 Å². The summed E-state index contributed by atoms with van der Waals surface area (Å²) in [6, 6.07) is 0. The van der Waals surface area contributed by atoms with E-state index in [2.05, 4.69) is 6.08 Å². The first-order valence-corrected chi connectivity index (χ1v) is 4.47. The monoisotopic (exact) mass is 170 g/mol. The Morgan fingerprint density at radius 2 is 2.58 bits per heavy atom. The molecule has 0 aromatic carbocycles. The summed E-state index contributed by atoms with van der Waals surface area (Å²) in [5.41, 5.74) is 0. The summed E-state index contributed by atoms with van der Waals surface area (Å²) < 4.78 is 16.1. The van der Waals surface area contributed by atoms with Crippen LogP contribution in [0.5, 0.6) is 0 Å². The second-order valence-corrected chi connectivity index (χ2v) is 3.08. The maximum atomic E-state index is 5.50. The first-order valence-electron chi connectivity index (χ1n) is 4.47. The van der Waals surface area contributed by atoms with Crippen LogP contribution < -0.4 is 0 Å². The minimum atomic E-state index is -0.0135. The van der Waals surface area contributed by atoms with E-state index in [4.69, 9.17) is 14.2 Å². The molecular formula is C9H14O3. The topological polar surface area (TPSA) is 27.7 Å². The summed E-state index contributed by atoms with van der Waals surface area (Å²) in [6.07, 6.45) is 3.20. The first-order chi connectivity index (χ1) is 5.90. The molecule has 2 aliphatic heterocycles. The number of hydrogen-bond acceptors (Lipinski definition) is 3. The number of fused-ring (bicyclic) bond motifs is 1. The van der Waals surface area contributed by atoms with Crippen LogP contribution in [0.3, 0.4) is 0 Å². The number of hydrogen-bond donors (Lipinski definition) is 0. The van der Waals surface area contributed by atoms with Gasteiger partial charge in [-0.3, -0.25) is 0 Å². The second kappa shape index (κ2) is 3.46. The summed E-state index contributed by atoms with van der Waals surface area (Å²) in [6.45, 7) is 4.13. The normalized spacial score (nSPS) is 32.9. The quantitative estimate of drug-likeness (QED) is 0.639. The Kier molecular flexibility index (Phi) is 2.33. The lowest BCUT2D eigenvalue weighted by Gasteiger charge is -2.10. The van der Waals surface area contributed by atoms with Gasteiger partial charge in [0.2, 0.25) is 6.29 Å². The van der Waals surface area contributed by atoms with Gasteiger partial charge in [0.05, 0.1) is 6.61 Å². The van der Waals surface area contributed by atoms with E-state index < -0.39 is 0 Å². The largest absolute Gasteiger partial charge is 0.467 e. The Hall–Kier alpha value is -0.540. The van der Waals surface area contributed by atoms with E-state index >= 15 is 0 Å². The van der Waals surface area contributed by atoms with E-state index in [1.165, 1.54) is 0 Å². The van der Waals surface area contributed by atoms with Crippen molar-refractivity contribution in [3.63, 3.8) is 0 Å². The van der Waals surface area contributed by atoms with Gasteiger partial charge in [0.15, 0.2) is 0 Å². The van der Waals surface area contributed by atoms with Crippen molar-refractivity contribution in [1.29, 1.82) is 0 Å². The van der Waals surface area contributed by atoms with Gasteiger partial charge in [0.25, 0.3) is 0 Å². The maximum absolute atomic E-state index is 5.50. The van der Waals surface area contributed by atoms with Crippen LogP contribution in [0.15, 0.2) is 11.8 Å². The third-order valence-corrected chi connectivity index (χ3v) is 2.20. The van der Waals surface area contributed by atoms with E-state index in [1.807, 2.05) is 6.92 Å².